The lowest BCUT2D eigenvalue weighted by Crippen LogP contribution is -2.35. The van der Waals surface area contributed by atoms with Crippen molar-refractivity contribution < 1.29 is 8.42 Å². The van der Waals surface area contributed by atoms with Gasteiger partial charge in [-0.3, -0.25) is 0 Å². The number of aromatic nitrogens is 2. The number of sulfone groups is 1. The topological polar surface area (TPSA) is 72.0 Å². The van der Waals surface area contributed by atoms with Crippen LogP contribution in [0.2, 0.25) is 5.28 Å². The lowest BCUT2D eigenvalue weighted by molar-refractivity contribution is 0.561. The Bertz CT molecular complexity index is 714. The average molecular weight is 318 g/mol. The summed E-state index contributed by atoms with van der Waals surface area (Å²) < 4.78 is 23.3. The molecule has 2 aromatic heterocycles. The van der Waals surface area contributed by atoms with Crippen molar-refractivity contribution in [2.45, 2.75) is 18.9 Å². The first kappa shape index (κ1) is 13.1. The molecular weight excluding hydrogens is 306 g/mol. The fourth-order valence-electron chi connectivity index (χ4n) is 2.27. The van der Waals surface area contributed by atoms with E-state index in [1.807, 2.05) is 11.4 Å². The highest BCUT2D eigenvalue weighted by atomic mass is 35.5. The molecule has 1 fully saturated rings. The van der Waals surface area contributed by atoms with E-state index in [2.05, 4.69) is 15.3 Å². The quantitative estimate of drug-likeness (QED) is 0.861. The minimum atomic E-state index is -2.94. The van der Waals surface area contributed by atoms with Crippen LogP contribution in [-0.4, -0.2) is 35.9 Å². The predicted octanol–water partition coefficient (Wildman–Crippen LogP) is 2.33. The third kappa shape index (κ3) is 2.82. The summed E-state index contributed by atoms with van der Waals surface area (Å²) in [6, 6.07) is 1.81. The first-order chi connectivity index (χ1) is 9.03. The predicted molar refractivity (Wildman–Crippen MR) is 77.7 cm³/mol. The maximum atomic E-state index is 11.6. The molecule has 0 amide bonds. The molecule has 19 heavy (non-hydrogen) atoms. The number of anilines is 1. The van der Waals surface area contributed by atoms with Crippen LogP contribution >= 0.6 is 22.9 Å². The van der Waals surface area contributed by atoms with Gasteiger partial charge in [0.25, 0.3) is 0 Å². The van der Waals surface area contributed by atoms with E-state index in [-0.39, 0.29) is 22.8 Å². The van der Waals surface area contributed by atoms with Crippen molar-refractivity contribution >= 4 is 48.8 Å². The fourth-order valence-corrected chi connectivity index (χ4v) is 4.89. The van der Waals surface area contributed by atoms with Gasteiger partial charge in [-0.2, -0.15) is 0 Å². The maximum Gasteiger partial charge on any atom is 0.225 e. The van der Waals surface area contributed by atoms with E-state index in [1.165, 1.54) is 11.3 Å². The summed E-state index contributed by atoms with van der Waals surface area (Å²) in [5.41, 5.74) is 0. The Morgan fingerprint density at radius 1 is 1.42 bits per heavy atom. The van der Waals surface area contributed by atoms with Crippen LogP contribution in [0.25, 0.3) is 10.2 Å². The number of hydrogen-bond donors (Lipinski definition) is 1. The van der Waals surface area contributed by atoms with Crippen molar-refractivity contribution in [3.63, 3.8) is 0 Å². The number of rotatable bonds is 2. The molecule has 8 heteroatoms. The number of hydrogen-bond acceptors (Lipinski definition) is 6. The van der Waals surface area contributed by atoms with Gasteiger partial charge in [0.1, 0.15) is 10.6 Å². The van der Waals surface area contributed by atoms with Gasteiger partial charge in [-0.25, -0.2) is 18.4 Å². The van der Waals surface area contributed by atoms with Gasteiger partial charge in [0.2, 0.25) is 5.28 Å². The standard InChI is InChI=1S/C11H12ClN3O2S2/c12-11-14-9(8-3-4-18-10(8)15-11)13-7-2-1-5-19(16,17)6-7/h3-4,7H,1-2,5-6H2,(H,13,14,15). The number of thiophene rings is 1. The molecule has 102 valence electrons. The summed E-state index contributed by atoms with van der Waals surface area (Å²) in [6.07, 6.45) is 1.51. The molecule has 1 aliphatic rings. The van der Waals surface area contributed by atoms with Gasteiger partial charge in [-0.1, -0.05) is 0 Å². The van der Waals surface area contributed by atoms with Crippen LogP contribution in [0, 0.1) is 0 Å². The van der Waals surface area contributed by atoms with Crippen LogP contribution < -0.4 is 5.32 Å². The summed E-state index contributed by atoms with van der Waals surface area (Å²) in [5, 5.41) is 6.18. The van der Waals surface area contributed by atoms with Crippen LogP contribution in [-0.2, 0) is 9.84 Å². The van der Waals surface area contributed by atoms with E-state index >= 15 is 0 Å². The van der Waals surface area contributed by atoms with E-state index in [1.54, 1.807) is 0 Å². The Hall–Kier alpha value is -0.920. The molecule has 1 atom stereocenters. The Morgan fingerprint density at radius 2 is 2.26 bits per heavy atom. The molecular formula is C11H12ClN3O2S2. The van der Waals surface area contributed by atoms with Gasteiger partial charge in [0.15, 0.2) is 9.84 Å². The molecule has 0 aromatic carbocycles. The number of fused-ring (bicyclic) bond motifs is 1. The zero-order valence-electron chi connectivity index (χ0n) is 9.97. The van der Waals surface area contributed by atoms with Crippen molar-refractivity contribution in [3.05, 3.63) is 16.7 Å². The molecule has 0 spiro atoms. The molecule has 3 rings (SSSR count). The second-order valence-corrected chi connectivity index (χ2v) is 8.04. The molecule has 0 radical (unpaired) electrons. The molecule has 0 aliphatic carbocycles. The van der Waals surface area contributed by atoms with Gasteiger partial charge in [-0.15, -0.1) is 11.3 Å². The van der Waals surface area contributed by atoms with Crippen LogP contribution in [0.15, 0.2) is 11.4 Å². The second-order valence-electron chi connectivity index (χ2n) is 4.58. The molecule has 1 saturated heterocycles. The Balaban J connectivity index is 1.91. The zero-order chi connectivity index (χ0) is 13.5. The van der Waals surface area contributed by atoms with Crippen LogP contribution in [0.1, 0.15) is 12.8 Å². The van der Waals surface area contributed by atoms with Gasteiger partial charge >= 0.3 is 0 Å². The van der Waals surface area contributed by atoms with E-state index in [4.69, 9.17) is 11.6 Å². The fraction of sp³-hybridized carbons (Fsp3) is 0.455. The van der Waals surface area contributed by atoms with E-state index < -0.39 is 9.84 Å². The van der Waals surface area contributed by atoms with E-state index in [0.29, 0.717) is 12.2 Å². The first-order valence-corrected chi connectivity index (χ1v) is 8.99. The van der Waals surface area contributed by atoms with Gasteiger partial charge < -0.3 is 5.32 Å². The Labute approximate surface area is 119 Å². The summed E-state index contributed by atoms with van der Waals surface area (Å²) in [5.74, 6) is 1.06. The van der Waals surface area contributed by atoms with Crippen molar-refractivity contribution in [2.24, 2.45) is 0 Å². The third-order valence-electron chi connectivity index (χ3n) is 3.10. The lowest BCUT2D eigenvalue weighted by Gasteiger charge is -2.23. The highest BCUT2D eigenvalue weighted by molar-refractivity contribution is 7.91. The summed E-state index contributed by atoms with van der Waals surface area (Å²) >= 11 is 7.36. The first-order valence-electron chi connectivity index (χ1n) is 5.91. The van der Waals surface area contributed by atoms with Gasteiger partial charge in [0.05, 0.1) is 16.9 Å². The number of halogens is 1. The minimum absolute atomic E-state index is 0.104. The Morgan fingerprint density at radius 3 is 3.05 bits per heavy atom. The van der Waals surface area contributed by atoms with Crippen molar-refractivity contribution in [3.8, 4) is 0 Å². The van der Waals surface area contributed by atoms with Crippen LogP contribution in [0.3, 0.4) is 0 Å². The second kappa shape index (κ2) is 4.88. The van der Waals surface area contributed by atoms with Crippen LogP contribution in [0.4, 0.5) is 5.82 Å². The molecule has 1 N–H and O–H groups in total. The van der Waals surface area contributed by atoms with Crippen molar-refractivity contribution in [1.82, 2.24) is 9.97 Å². The summed E-state index contributed by atoms with van der Waals surface area (Å²) in [4.78, 5) is 9.11. The highest BCUT2D eigenvalue weighted by Gasteiger charge is 2.25. The monoisotopic (exact) mass is 317 g/mol. The van der Waals surface area contributed by atoms with E-state index in [0.717, 1.165) is 16.6 Å². The molecule has 3 heterocycles. The smallest absolute Gasteiger partial charge is 0.225 e. The minimum Gasteiger partial charge on any atom is -0.366 e. The largest absolute Gasteiger partial charge is 0.366 e. The van der Waals surface area contributed by atoms with Gasteiger partial charge in [0, 0.05) is 6.04 Å². The normalized spacial score (nSPS) is 22.5. The highest BCUT2D eigenvalue weighted by Crippen LogP contribution is 2.28. The lowest BCUT2D eigenvalue weighted by atomic mass is 10.2. The number of nitrogens with one attached hydrogen (secondary N) is 1. The average Bonchev–Trinajstić information content (AvgIpc) is 2.75. The van der Waals surface area contributed by atoms with Crippen LogP contribution in [0.5, 0.6) is 0 Å². The third-order valence-corrected chi connectivity index (χ3v) is 5.90. The molecule has 2 aromatic rings. The molecule has 5 nitrogen and oxygen atoms in total. The Kier molecular flexibility index (Phi) is 3.36. The van der Waals surface area contributed by atoms with Crippen molar-refractivity contribution in [2.75, 3.05) is 16.8 Å². The zero-order valence-corrected chi connectivity index (χ0v) is 12.4. The SMILES string of the molecule is O=S1(=O)CCCC(Nc2nc(Cl)nc3sccc23)C1. The van der Waals surface area contributed by atoms with Gasteiger partial charge in [-0.05, 0) is 35.9 Å². The molecule has 1 aliphatic heterocycles. The summed E-state index contributed by atoms with van der Waals surface area (Å²) in [6.45, 7) is 0. The summed E-state index contributed by atoms with van der Waals surface area (Å²) in [7, 11) is -2.94. The molecule has 0 bridgehead atoms. The molecule has 1 unspecified atom stereocenters. The van der Waals surface area contributed by atoms with E-state index in [9.17, 15) is 8.42 Å². The van der Waals surface area contributed by atoms with Crippen molar-refractivity contribution in [1.29, 1.82) is 0 Å². The number of nitrogens with zero attached hydrogens (tertiary/aromatic N) is 2. The molecule has 0 saturated carbocycles. The maximum absolute atomic E-state index is 11.6.